The lowest BCUT2D eigenvalue weighted by molar-refractivity contribution is 0.661. The minimum atomic E-state index is -0.161. The molecule has 0 atom stereocenters. The lowest BCUT2D eigenvalue weighted by atomic mass is 9.80. The lowest BCUT2D eigenvalue weighted by Gasteiger charge is -2.23. The van der Waals surface area contributed by atoms with Crippen molar-refractivity contribution in [2.24, 2.45) is 0 Å². The van der Waals surface area contributed by atoms with Gasteiger partial charge in [0, 0.05) is 25.6 Å². The van der Waals surface area contributed by atoms with Crippen LogP contribution in [0.25, 0.3) is 108 Å². The van der Waals surface area contributed by atoms with Crippen molar-refractivity contribution in [1.82, 2.24) is 0 Å². The van der Waals surface area contributed by atoms with Crippen LogP contribution in [-0.2, 0) is 5.41 Å². The van der Waals surface area contributed by atoms with Gasteiger partial charge in [-0.25, -0.2) is 0 Å². The Morgan fingerprint density at radius 2 is 0.839 bits per heavy atom. The van der Waals surface area contributed by atoms with Gasteiger partial charge in [-0.05, 0) is 117 Å². The van der Waals surface area contributed by atoms with Gasteiger partial charge in [-0.3, -0.25) is 0 Å². The zero-order valence-electron chi connectivity index (χ0n) is 31.2. The van der Waals surface area contributed by atoms with E-state index in [1.807, 2.05) is 11.3 Å². The molecule has 1 aliphatic rings. The Kier molecular flexibility index (Phi) is 6.66. The van der Waals surface area contributed by atoms with E-state index in [-0.39, 0.29) is 5.41 Å². The van der Waals surface area contributed by atoms with E-state index in [9.17, 15) is 0 Å². The van der Waals surface area contributed by atoms with Crippen molar-refractivity contribution in [2.75, 3.05) is 0 Å². The van der Waals surface area contributed by atoms with Crippen LogP contribution in [0.1, 0.15) is 25.0 Å². The van der Waals surface area contributed by atoms with Crippen LogP contribution in [0.15, 0.2) is 182 Å². The molecule has 0 saturated carbocycles. The third-order valence-corrected chi connectivity index (χ3v) is 13.9. The lowest BCUT2D eigenvalue weighted by Crippen LogP contribution is -2.15. The van der Waals surface area contributed by atoms with Crippen LogP contribution in [-0.4, -0.2) is 0 Å². The molecule has 0 nitrogen and oxygen atoms in total. The summed E-state index contributed by atoms with van der Waals surface area (Å²) in [6.07, 6.45) is 0. The van der Waals surface area contributed by atoms with Crippen LogP contribution in [0.2, 0.25) is 0 Å². The number of rotatable bonds is 3. The summed E-state index contributed by atoms with van der Waals surface area (Å²) >= 11 is 1.92. The van der Waals surface area contributed by atoms with E-state index in [2.05, 4.69) is 196 Å². The molecule has 0 fully saturated rings. The molecular formula is C55H36S. The van der Waals surface area contributed by atoms with E-state index in [0.29, 0.717) is 0 Å². The molecule has 0 radical (unpaired) electrons. The van der Waals surface area contributed by atoms with Crippen molar-refractivity contribution >= 4 is 74.6 Å². The largest absolute Gasteiger partial charge is 0.135 e. The van der Waals surface area contributed by atoms with Crippen LogP contribution < -0.4 is 0 Å². The molecule has 56 heavy (non-hydrogen) atoms. The summed E-state index contributed by atoms with van der Waals surface area (Å²) in [5.41, 5.74) is 13.0. The summed E-state index contributed by atoms with van der Waals surface area (Å²) in [5.74, 6) is 0. The molecule has 0 N–H and O–H groups in total. The van der Waals surface area contributed by atoms with Gasteiger partial charge in [0.1, 0.15) is 0 Å². The van der Waals surface area contributed by atoms with Crippen LogP contribution >= 0.6 is 11.3 Å². The molecular weight excluding hydrogens is 693 g/mol. The average molecular weight is 729 g/mol. The SMILES string of the molecule is CC1(C)c2cc(-c3ccc4c(c3)sc3c5ccccc5ccc43)ccc2-c2ccc(-c3c4ccccc4c(-c4cccc5ccccc45)c4ccccc34)cc21. The van der Waals surface area contributed by atoms with E-state index in [4.69, 9.17) is 0 Å². The fourth-order valence-corrected chi connectivity index (χ4v) is 11.2. The molecule has 0 unspecified atom stereocenters. The summed E-state index contributed by atoms with van der Waals surface area (Å²) in [6.45, 7) is 4.82. The number of fused-ring (bicyclic) bond motifs is 11. The highest BCUT2D eigenvalue weighted by Crippen LogP contribution is 2.53. The Balaban J connectivity index is 0.998. The molecule has 1 heteroatoms. The van der Waals surface area contributed by atoms with Crippen LogP contribution in [0.3, 0.4) is 0 Å². The normalized spacial score (nSPS) is 13.3. The highest BCUT2D eigenvalue weighted by atomic mass is 32.1. The van der Waals surface area contributed by atoms with E-state index >= 15 is 0 Å². The molecule has 0 spiro atoms. The summed E-state index contributed by atoms with van der Waals surface area (Å²) in [5, 5.41) is 13.0. The Morgan fingerprint density at radius 1 is 0.339 bits per heavy atom. The Bertz CT molecular complexity index is 3390. The maximum absolute atomic E-state index is 2.49. The fraction of sp³-hybridized carbons (Fsp3) is 0.0545. The molecule has 0 bridgehead atoms. The topological polar surface area (TPSA) is 0 Å². The van der Waals surface area contributed by atoms with Gasteiger partial charge in [-0.1, -0.05) is 178 Å². The minimum Gasteiger partial charge on any atom is -0.135 e. The van der Waals surface area contributed by atoms with Crippen LogP contribution in [0, 0.1) is 0 Å². The van der Waals surface area contributed by atoms with Gasteiger partial charge < -0.3 is 0 Å². The molecule has 1 heterocycles. The van der Waals surface area contributed by atoms with Gasteiger partial charge in [0.15, 0.2) is 0 Å². The van der Waals surface area contributed by atoms with E-state index in [1.54, 1.807) is 0 Å². The van der Waals surface area contributed by atoms with E-state index < -0.39 is 0 Å². The second-order valence-electron chi connectivity index (χ2n) is 16.0. The van der Waals surface area contributed by atoms with Crippen molar-refractivity contribution in [3.05, 3.63) is 193 Å². The first-order chi connectivity index (χ1) is 27.5. The number of thiophene rings is 1. The van der Waals surface area contributed by atoms with E-state index in [1.165, 1.54) is 119 Å². The first-order valence-corrected chi connectivity index (χ1v) is 20.4. The minimum absolute atomic E-state index is 0.161. The van der Waals surface area contributed by atoms with Crippen LogP contribution in [0.5, 0.6) is 0 Å². The number of benzene rings is 10. The monoisotopic (exact) mass is 728 g/mol. The molecule has 0 aliphatic heterocycles. The highest BCUT2D eigenvalue weighted by molar-refractivity contribution is 7.26. The Labute approximate surface area is 329 Å². The van der Waals surface area contributed by atoms with Gasteiger partial charge in [0.05, 0.1) is 0 Å². The van der Waals surface area contributed by atoms with Crippen molar-refractivity contribution in [2.45, 2.75) is 19.3 Å². The average Bonchev–Trinajstić information content (AvgIpc) is 3.73. The third-order valence-electron chi connectivity index (χ3n) is 12.7. The van der Waals surface area contributed by atoms with Crippen molar-refractivity contribution in [3.8, 4) is 44.5 Å². The Morgan fingerprint density at radius 3 is 1.54 bits per heavy atom. The van der Waals surface area contributed by atoms with Gasteiger partial charge in [0.25, 0.3) is 0 Å². The summed E-state index contributed by atoms with van der Waals surface area (Å²) in [4.78, 5) is 0. The summed E-state index contributed by atoms with van der Waals surface area (Å²) in [6, 6.07) is 68.3. The van der Waals surface area contributed by atoms with Gasteiger partial charge >= 0.3 is 0 Å². The fourth-order valence-electron chi connectivity index (χ4n) is 9.93. The second kappa shape index (κ2) is 11.7. The summed E-state index contributed by atoms with van der Waals surface area (Å²) in [7, 11) is 0. The predicted molar refractivity (Wildman–Crippen MR) is 243 cm³/mol. The third kappa shape index (κ3) is 4.47. The van der Waals surface area contributed by atoms with E-state index in [0.717, 1.165) is 0 Å². The second-order valence-corrected chi connectivity index (χ2v) is 17.0. The quantitative estimate of drug-likeness (QED) is 0.159. The number of hydrogen-bond donors (Lipinski definition) is 0. The Hall–Kier alpha value is -6.54. The molecule has 262 valence electrons. The molecule has 0 saturated heterocycles. The molecule has 1 aliphatic carbocycles. The van der Waals surface area contributed by atoms with Gasteiger partial charge in [-0.15, -0.1) is 11.3 Å². The van der Waals surface area contributed by atoms with Crippen LogP contribution in [0.4, 0.5) is 0 Å². The summed E-state index contributed by atoms with van der Waals surface area (Å²) < 4.78 is 2.72. The van der Waals surface area contributed by atoms with Crippen molar-refractivity contribution in [3.63, 3.8) is 0 Å². The zero-order valence-corrected chi connectivity index (χ0v) is 32.0. The van der Waals surface area contributed by atoms with Gasteiger partial charge in [0.2, 0.25) is 0 Å². The molecule has 11 aromatic rings. The molecule has 12 rings (SSSR count). The first-order valence-electron chi connectivity index (χ1n) is 19.6. The maximum atomic E-state index is 2.49. The smallest absolute Gasteiger partial charge is 0.0433 e. The molecule has 10 aromatic carbocycles. The zero-order chi connectivity index (χ0) is 37.1. The number of hydrogen-bond acceptors (Lipinski definition) is 1. The maximum Gasteiger partial charge on any atom is 0.0433 e. The van der Waals surface area contributed by atoms with Crippen molar-refractivity contribution < 1.29 is 0 Å². The standard InChI is InChI=1S/C55H36S/c1-55(2)49-30-35(36-24-28-42-48-29-22-34-13-4-6-16-39(34)54(48)56-51(42)32-36)23-26-40(49)41-27-25-37(31-50(41)55)52-44-17-7-9-19-46(44)53(47-20-10-8-18-45(47)52)43-21-11-14-33-12-3-5-15-38(33)43/h3-32H,1-2H3. The van der Waals surface area contributed by atoms with Gasteiger partial charge in [-0.2, -0.15) is 0 Å². The van der Waals surface area contributed by atoms with Crippen molar-refractivity contribution in [1.29, 1.82) is 0 Å². The molecule has 1 aromatic heterocycles. The predicted octanol–water partition coefficient (Wildman–Crippen LogP) is 16.0. The first kappa shape index (κ1) is 31.8. The highest BCUT2D eigenvalue weighted by Gasteiger charge is 2.36. The molecule has 0 amide bonds.